The molecule has 5 rings (SSSR count). The van der Waals surface area contributed by atoms with Crippen LogP contribution in [-0.2, 0) is 13.0 Å². The molecule has 1 aliphatic rings. The third-order valence-corrected chi connectivity index (χ3v) is 6.56. The topological polar surface area (TPSA) is 149 Å². The van der Waals surface area contributed by atoms with Crippen molar-refractivity contribution < 1.29 is 19.5 Å². The molecule has 0 unspecified atom stereocenters. The van der Waals surface area contributed by atoms with Gasteiger partial charge in [0.25, 0.3) is 11.8 Å². The molecule has 0 radical (unpaired) electrons. The second-order valence-corrected chi connectivity index (χ2v) is 8.80. The normalized spacial score (nSPS) is 14.1. The predicted molar refractivity (Wildman–Crippen MR) is 132 cm³/mol. The summed E-state index contributed by atoms with van der Waals surface area (Å²) in [5, 5.41) is 28.4. The lowest BCUT2D eigenvalue weighted by Crippen LogP contribution is -2.30. The Bertz CT molecular complexity index is 1620. The minimum atomic E-state index is -0.978. The summed E-state index contributed by atoms with van der Waals surface area (Å²) in [4.78, 5) is 42.1. The first kappa shape index (κ1) is 23.7. The highest BCUT2D eigenvalue weighted by Gasteiger charge is 2.28. The largest absolute Gasteiger partial charge is 0.478 e. The van der Waals surface area contributed by atoms with Gasteiger partial charge in [0, 0.05) is 18.7 Å². The van der Waals surface area contributed by atoms with Crippen molar-refractivity contribution in [3.8, 4) is 6.07 Å². The second kappa shape index (κ2) is 9.54. The van der Waals surface area contributed by atoms with E-state index >= 15 is 0 Å². The van der Waals surface area contributed by atoms with Crippen LogP contribution in [0.2, 0.25) is 0 Å². The van der Waals surface area contributed by atoms with Crippen molar-refractivity contribution in [2.45, 2.75) is 32.4 Å². The summed E-state index contributed by atoms with van der Waals surface area (Å²) >= 11 is 0. The third kappa shape index (κ3) is 4.50. The zero-order valence-corrected chi connectivity index (χ0v) is 19.9. The number of nitriles is 1. The molecule has 0 spiro atoms. The number of fused-ring (bicyclic) bond motifs is 2. The summed E-state index contributed by atoms with van der Waals surface area (Å²) in [6, 6.07) is 15.0. The number of amides is 2. The van der Waals surface area contributed by atoms with E-state index in [1.54, 1.807) is 49.4 Å². The Morgan fingerprint density at radius 1 is 1.16 bits per heavy atom. The lowest BCUT2D eigenvalue weighted by atomic mass is 9.98. The zero-order valence-electron chi connectivity index (χ0n) is 19.9. The predicted octanol–water partition coefficient (Wildman–Crippen LogP) is 2.95. The fourth-order valence-electron chi connectivity index (χ4n) is 4.71. The summed E-state index contributed by atoms with van der Waals surface area (Å²) < 4.78 is 1.37. The number of carboxylic acids is 1. The van der Waals surface area contributed by atoms with Gasteiger partial charge in [0.2, 0.25) is 0 Å². The monoisotopic (exact) mass is 494 g/mol. The van der Waals surface area contributed by atoms with Crippen LogP contribution in [0, 0.1) is 18.3 Å². The maximum Gasteiger partial charge on any atom is 0.335 e. The minimum absolute atomic E-state index is 0.0587. The number of carbonyl (C=O) groups is 3. The molecule has 2 aromatic heterocycles. The van der Waals surface area contributed by atoms with E-state index in [9.17, 15) is 19.5 Å². The van der Waals surface area contributed by atoms with Crippen LogP contribution < -0.4 is 10.6 Å². The number of aromatic nitrogens is 3. The van der Waals surface area contributed by atoms with E-state index in [2.05, 4.69) is 26.8 Å². The molecular formula is C27H22N6O4. The summed E-state index contributed by atoms with van der Waals surface area (Å²) in [5.74, 6) is -1.87. The molecule has 37 heavy (non-hydrogen) atoms. The van der Waals surface area contributed by atoms with Gasteiger partial charge in [-0.2, -0.15) is 10.4 Å². The number of carbonyl (C=O) groups excluding carboxylic acids is 2. The SMILES string of the molecule is Cc1c(C(=O)O)ccc2c1CC[C@@H]2NC(=O)c1cc(C(=O)NCc2cccc(C#N)c2)nc2ccnn12. The Labute approximate surface area is 211 Å². The van der Waals surface area contributed by atoms with Gasteiger partial charge in [-0.3, -0.25) is 9.59 Å². The summed E-state index contributed by atoms with van der Waals surface area (Å²) in [6.07, 6.45) is 2.78. The first-order valence-corrected chi connectivity index (χ1v) is 11.6. The Morgan fingerprint density at radius 3 is 2.78 bits per heavy atom. The van der Waals surface area contributed by atoms with Gasteiger partial charge < -0.3 is 15.7 Å². The molecule has 4 aromatic rings. The first-order chi connectivity index (χ1) is 17.9. The van der Waals surface area contributed by atoms with Crippen molar-refractivity contribution in [1.82, 2.24) is 25.2 Å². The van der Waals surface area contributed by atoms with Crippen LogP contribution >= 0.6 is 0 Å². The highest BCUT2D eigenvalue weighted by atomic mass is 16.4. The van der Waals surface area contributed by atoms with Crippen LogP contribution in [0.15, 0.2) is 54.7 Å². The smallest absolute Gasteiger partial charge is 0.335 e. The van der Waals surface area contributed by atoms with Gasteiger partial charge in [0.05, 0.1) is 29.4 Å². The lowest BCUT2D eigenvalue weighted by Gasteiger charge is -2.16. The van der Waals surface area contributed by atoms with Gasteiger partial charge in [-0.15, -0.1) is 0 Å². The maximum atomic E-state index is 13.4. The lowest BCUT2D eigenvalue weighted by molar-refractivity contribution is 0.0695. The quantitative estimate of drug-likeness (QED) is 0.373. The van der Waals surface area contributed by atoms with Crippen LogP contribution in [0.1, 0.15) is 71.6 Å². The zero-order chi connectivity index (χ0) is 26.1. The van der Waals surface area contributed by atoms with Crippen molar-refractivity contribution in [1.29, 1.82) is 5.26 Å². The number of hydrogen-bond acceptors (Lipinski definition) is 6. The molecule has 3 N–H and O–H groups in total. The summed E-state index contributed by atoms with van der Waals surface area (Å²) in [7, 11) is 0. The molecule has 10 nitrogen and oxygen atoms in total. The summed E-state index contributed by atoms with van der Waals surface area (Å²) in [6.45, 7) is 1.97. The molecule has 10 heteroatoms. The molecule has 2 heterocycles. The van der Waals surface area contributed by atoms with Crippen molar-refractivity contribution in [2.75, 3.05) is 0 Å². The molecule has 0 saturated heterocycles. The second-order valence-electron chi connectivity index (χ2n) is 8.80. The van der Waals surface area contributed by atoms with E-state index < -0.39 is 17.8 Å². The highest BCUT2D eigenvalue weighted by molar-refractivity contribution is 5.98. The fourth-order valence-corrected chi connectivity index (χ4v) is 4.71. The van der Waals surface area contributed by atoms with Crippen LogP contribution in [-0.4, -0.2) is 37.5 Å². The van der Waals surface area contributed by atoms with E-state index in [1.165, 1.54) is 16.8 Å². The highest BCUT2D eigenvalue weighted by Crippen LogP contribution is 2.34. The Hall–Kier alpha value is -5.04. The molecule has 184 valence electrons. The minimum Gasteiger partial charge on any atom is -0.478 e. The van der Waals surface area contributed by atoms with E-state index in [0.29, 0.717) is 29.6 Å². The molecule has 0 saturated carbocycles. The number of hydrogen-bond donors (Lipinski definition) is 3. The number of benzene rings is 2. The van der Waals surface area contributed by atoms with Gasteiger partial charge in [-0.05, 0) is 60.2 Å². The fraction of sp³-hybridized carbons (Fsp3) is 0.185. The van der Waals surface area contributed by atoms with E-state index in [0.717, 1.165) is 16.7 Å². The Balaban J connectivity index is 1.38. The van der Waals surface area contributed by atoms with E-state index in [1.807, 2.05) is 0 Å². The molecule has 2 amide bonds. The third-order valence-electron chi connectivity index (χ3n) is 6.56. The maximum absolute atomic E-state index is 13.4. The van der Waals surface area contributed by atoms with Gasteiger partial charge in [-0.1, -0.05) is 18.2 Å². The number of rotatable bonds is 6. The van der Waals surface area contributed by atoms with Gasteiger partial charge in [0.1, 0.15) is 11.4 Å². The molecule has 1 atom stereocenters. The molecule has 0 aliphatic heterocycles. The molecule has 0 bridgehead atoms. The standard InChI is InChI=1S/C27H22N6O4/c1-15-18-7-8-21(20(18)6-5-19(15)27(36)37)32-26(35)23-12-22(31-24-9-10-30-33(23)24)25(34)29-14-17-4-2-3-16(11-17)13-28/h2-6,9-12,21H,7-8,14H2,1H3,(H,29,34)(H,32,35)(H,36,37)/t21-/m0/s1. The molecular weight excluding hydrogens is 472 g/mol. The molecule has 0 fully saturated rings. The van der Waals surface area contributed by atoms with Crippen molar-refractivity contribution in [2.24, 2.45) is 0 Å². The number of nitrogens with one attached hydrogen (secondary N) is 2. The van der Waals surface area contributed by atoms with E-state index in [-0.39, 0.29) is 29.5 Å². The van der Waals surface area contributed by atoms with Gasteiger partial charge >= 0.3 is 5.97 Å². The number of aromatic carboxylic acids is 1. The van der Waals surface area contributed by atoms with E-state index in [4.69, 9.17) is 5.26 Å². The van der Waals surface area contributed by atoms with Crippen molar-refractivity contribution in [3.05, 3.63) is 99.5 Å². The molecule has 1 aliphatic carbocycles. The Morgan fingerprint density at radius 2 is 2.00 bits per heavy atom. The first-order valence-electron chi connectivity index (χ1n) is 11.6. The van der Waals surface area contributed by atoms with Gasteiger partial charge in [-0.25, -0.2) is 14.3 Å². The van der Waals surface area contributed by atoms with Crippen molar-refractivity contribution >= 4 is 23.4 Å². The van der Waals surface area contributed by atoms with Gasteiger partial charge in [0.15, 0.2) is 5.65 Å². The molecule has 2 aromatic carbocycles. The number of carboxylic acid groups (broad SMARTS) is 1. The van der Waals surface area contributed by atoms with Crippen LogP contribution in [0.4, 0.5) is 0 Å². The van der Waals surface area contributed by atoms with Crippen LogP contribution in [0.25, 0.3) is 5.65 Å². The Kier molecular flexibility index (Phi) is 6.11. The van der Waals surface area contributed by atoms with Crippen LogP contribution in [0.3, 0.4) is 0 Å². The average molecular weight is 495 g/mol. The van der Waals surface area contributed by atoms with Crippen LogP contribution in [0.5, 0.6) is 0 Å². The van der Waals surface area contributed by atoms with Crippen molar-refractivity contribution in [3.63, 3.8) is 0 Å². The average Bonchev–Trinajstić information content (AvgIpc) is 3.54. The summed E-state index contributed by atoms with van der Waals surface area (Å²) in [5.41, 5.74) is 4.60. The number of nitrogens with zero attached hydrogens (tertiary/aromatic N) is 4.